The van der Waals surface area contributed by atoms with Crippen molar-refractivity contribution in [1.29, 1.82) is 0 Å². The van der Waals surface area contributed by atoms with Crippen molar-refractivity contribution < 1.29 is 4.79 Å². The smallest absolute Gasteiger partial charge is 0.229 e. The van der Waals surface area contributed by atoms with E-state index in [1.165, 1.54) is 22.5 Å². The van der Waals surface area contributed by atoms with Crippen molar-refractivity contribution in [2.75, 3.05) is 31.5 Å². The van der Waals surface area contributed by atoms with Crippen molar-refractivity contribution in [3.05, 3.63) is 100 Å². The number of hydrogen-bond donors (Lipinski definition) is 1. The van der Waals surface area contributed by atoms with Crippen LogP contribution in [0.3, 0.4) is 0 Å². The summed E-state index contributed by atoms with van der Waals surface area (Å²) in [6, 6.07) is 23.3. The summed E-state index contributed by atoms with van der Waals surface area (Å²) >= 11 is 1.46. The van der Waals surface area contributed by atoms with E-state index in [1.807, 2.05) is 30.2 Å². The molecule has 184 valence electrons. The molecule has 0 spiro atoms. The number of anilines is 2. The summed E-state index contributed by atoms with van der Waals surface area (Å²) in [6.07, 6.45) is 0.298. The van der Waals surface area contributed by atoms with E-state index in [4.69, 9.17) is 0 Å². The van der Waals surface area contributed by atoms with Crippen LogP contribution in [0.2, 0.25) is 0 Å². The minimum absolute atomic E-state index is 0.116. The molecule has 0 atom stereocenters. The first kappa shape index (κ1) is 24.1. The van der Waals surface area contributed by atoms with Crippen LogP contribution in [0.1, 0.15) is 34.3 Å². The molecule has 0 bridgehead atoms. The van der Waals surface area contributed by atoms with E-state index in [-0.39, 0.29) is 11.9 Å². The second kappa shape index (κ2) is 11.0. The van der Waals surface area contributed by atoms with Crippen LogP contribution < -0.4 is 5.32 Å². The SMILES string of the molecule is Cc1cc(C)nc(Nc2nc(CC(=O)N3CCN(C(c4ccccc4)c4ccccc4)CC3)cs2)n1. The van der Waals surface area contributed by atoms with E-state index in [2.05, 4.69) is 85.8 Å². The summed E-state index contributed by atoms with van der Waals surface area (Å²) in [5.74, 6) is 0.646. The van der Waals surface area contributed by atoms with Gasteiger partial charge in [0.05, 0.1) is 18.2 Å². The quantitative estimate of drug-likeness (QED) is 0.396. The average Bonchev–Trinajstić information content (AvgIpc) is 3.31. The van der Waals surface area contributed by atoms with Crippen molar-refractivity contribution in [3.63, 3.8) is 0 Å². The summed E-state index contributed by atoms with van der Waals surface area (Å²) in [7, 11) is 0. The predicted octanol–water partition coefficient (Wildman–Crippen LogP) is 4.77. The van der Waals surface area contributed by atoms with Crippen LogP contribution in [0, 0.1) is 13.8 Å². The average molecular weight is 499 g/mol. The number of aryl methyl sites for hydroxylation is 2. The molecule has 1 aliphatic heterocycles. The van der Waals surface area contributed by atoms with Gasteiger partial charge >= 0.3 is 0 Å². The first-order valence-electron chi connectivity index (χ1n) is 12.2. The van der Waals surface area contributed by atoms with Crippen molar-refractivity contribution in [2.45, 2.75) is 26.3 Å². The molecule has 0 radical (unpaired) electrons. The number of amides is 1. The van der Waals surface area contributed by atoms with Gasteiger partial charge in [-0.25, -0.2) is 15.0 Å². The molecule has 4 aromatic rings. The van der Waals surface area contributed by atoms with E-state index in [0.29, 0.717) is 30.6 Å². The molecule has 2 aromatic carbocycles. The van der Waals surface area contributed by atoms with Gasteiger partial charge < -0.3 is 10.2 Å². The molecule has 1 amide bonds. The molecule has 1 N–H and O–H groups in total. The lowest BCUT2D eigenvalue weighted by Gasteiger charge is -2.39. The lowest BCUT2D eigenvalue weighted by molar-refractivity contribution is -0.132. The third-order valence-electron chi connectivity index (χ3n) is 6.35. The number of nitrogens with zero attached hydrogens (tertiary/aromatic N) is 5. The lowest BCUT2D eigenvalue weighted by Crippen LogP contribution is -2.50. The fraction of sp³-hybridized carbons (Fsp3) is 0.286. The number of carbonyl (C=O) groups is 1. The molecule has 3 heterocycles. The van der Waals surface area contributed by atoms with Crippen LogP contribution in [0.15, 0.2) is 72.1 Å². The first-order valence-corrected chi connectivity index (χ1v) is 13.1. The van der Waals surface area contributed by atoms with Gasteiger partial charge in [-0.1, -0.05) is 60.7 Å². The molecule has 7 nitrogen and oxygen atoms in total. The fourth-order valence-corrected chi connectivity index (χ4v) is 5.41. The third-order valence-corrected chi connectivity index (χ3v) is 7.15. The normalized spacial score (nSPS) is 14.2. The van der Waals surface area contributed by atoms with E-state index < -0.39 is 0 Å². The largest absolute Gasteiger partial charge is 0.340 e. The van der Waals surface area contributed by atoms with Gasteiger partial charge in [-0.05, 0) is 31.0 Å². The molecule has 5 rings (SSSR count). The number of thiazole rings is 1. The highest BCUT2D eigenvalue weighted by Gasteiger charge is 2.28. The van der Waals surface area contributed by atoms with Crippen LogP contribution in [0.4, 0.5) is 11.1 Å². The van der Waals surface area contributed by atoms with Crippen LogP contribution in [0.5, 0.6) is 0 Å². The number of hydrogen-bond acceptors (Lipinski definition) is 7. The summed E-state index contributed by atoms with van der Waals surface area (Å²) in [6.45, 7) is 6.95. The number of benzene rings is 2. The zero-order chi connectivity index (χ0) is 24.9. The van der Waals surface area contributed by atoms with Gasteiger partial charge in [0.2, 0.25) is 11.9 Å². The monoisotopic (exact) mass is 498 g/mol. The second-order valence-corrected chi connectivity index (χ2v) is 9.92. The maximum atomic E-state index is 13.1. The van der Waals surface area contributed by atoms with Crippen molar-refractivity contribution >= 4 is 28.3 Å². The molecule has 1 aliphatic rings. The standard InChI is InChI=1S/C28H30N6OS/c1-20-17-21(2)30-27(29-20)32-28-31-24(19-36-28)18-25(35)33-13-15-34(16-14-33)26(22-9-5-3-6-10-22)23-11-7-4-8-12-23/h3-12,17,19,26H,13-16,18H2,1-2H3,(H,29,30,31,32). The summed E-state index contributed by atoms with van der Waals surface area (Å²) < 4.78 is 0. The highest BCUT2D eigenvalue weighted by atomic mass is 32.1. The zero-order valence-corrected chi connectivity index (χ0v) is 21.4. The van der Waals surface area contributed by atoms with Crippen LogP contribution in [-0.2, 0) is 11.2 Å². The highest BCUT2D eigenvalue weighted by molar-refractivity contribution is 7.13. The number of piperazine rings is 1. The Morgan fingerprint density at radius 2 is 1.47 bits per heavy atom. The van der Waals surface area contributed by atoms with E-state index in [0.717, 1.165) is 30.2 Å². The Balaban J connectivity index is 1.20. The predicted molar refractivity (Wildman–Crippen MR) is 143 cm³/mol. The van der Waals surface area contributed by atoms with Gasteiger partial charge in [0.15, 0.2) is 5.13 Å². The highest BCUT2D eigenvalue weighted by Crippen LogP contribution is 2.29. The number of nitrogens with one attached hydrogen (secondary N) is 1. The zero-order valence-electron chi connectivity index (χ0n) is 20.6. The van der Waals surface area contributed by atoms with Gasteiger partial charge in [-0.3, -0.25) is 9.69 Å². The third kappa shape index (κ3) is 5.78. The van der Waals surface area contributed by atoms with E-state index in [1.54, 1.807) is 0 Å². The summed E-state index contributed by atoms with van der Waals surface area (Å²) in [4.78, 5) is 30.9. The molecule has 8 heteroatoms. The maximum Gasteiger partial charge on any atom is 0.229 e. The topological polar surface area (TPSA) is 74.2 Å². The number of carbonyl (C=O) groups excluding carboxylic acids is 1. The van der Waals surface area contributed by atoms with Gasteiger partial charge in [0.25, 0.3) is 0 Å². The van der Waals surface area contributed by atoms with Crippen LogP contribution in [0.25, 0.3) is 0 Å². The molecule has 2 aromatic heterocycles. The molecule has 1 saturated heterocycles. The number of aromatic nitrogens is 3. The van der Waals surface area contributed by atoms with Crippen LogP contribution >= 0.6 is 11.3 Å². The van der Waals surface area contributed by atoms with Gasteiger partial charge in [0.1, 0.15) is 0 Å². The van der Waals surface area contributed by atoms with Gasteiger partial charge in [-0.15, -0.1) is 11.3 Å². The summed E-state index contributed by atoms with van der Waals surface area (Å²) in [5, 5.41) is 5.79. The van der Waals surface area contributed by atoms with Gasteiger partial charge in [0, 0.05) is 42.9 Å². The summed E-state index contributed by atoms with van der Waals surface area (Å²) in [5.41, 5.74) is 5.12. The Kier molecular flexibility index (Phi) is 7.34. The molecule has 0 unspecified atom stereocenters. The lowest BCUT2D eigenvalue weighted by atomic mass is 9.96. The Morgan fingerprint density at radius 3 is 2.06 bits per heavy atom. The minimum atomic E-state index is 0.116. The molecule has 36 heavy (non-hydrogen) atoms. The Bertz CT molecular complexity index is 1240. The van der Waals surface area contributed by atoms with Crippen LogP contribution in [-0.4, -0.2) is 56.8 Å². The minimum Gasteiger partial charge on any atom is -0.340 e. The molecular weight excluding hydrogens is 468 g/mol. The molecule has 1 fully saturated rings. The Morgan fingerprint density at radius 1 is 0.889 bits per heavy atom. The second-order valence-electron chi connectivity index (χ2n) is 9.06. The molecule has 0 aliphatic carbocycles. The maximum absolute atomic E-state index is 13.1. The van der Waals surface area contributed by atoms with Gasteiger partial charge in [-0.2, -0.15) is 0 Å². The molecular formula is C28H30N6OS. The van der Waals surface area contributed by atoms with Crippen molar-refractivity contribution in [1.82, 2.24) is 24.8 Å². The Hall–Kier alpha value is -3.62. The Labute approximate surface area is 215 Å². The fourth-order valence-electron chi connectivity index (χ4n) is 4.70. The molecule has 0 saturated carbocycles. The van der Waals surface area contributed by atoms with Crippen molar-refractivity contribution in [2.24, 2.45) is 0 Å². The van der Waals surface area contributed by atoms with E-state index in [9.17, 15) is 4.79 Å². The van der Waals surface area contributed by atoms with E-state index >= 15 is 0 Å². The first-order chi connectivity index (χ1) is 17.5. The number of rotatable bonds is 7. The van der Waals surface area contributed by atoms with Crippen molar-refractivity contribution in [3.8, 4) is 0 Å².